The van der Waals surface area contributed by atoms with E-state index in [9.17, 15) is 31.5 Å². The van der Waals surface area contributed by atoms with Crippen LogP contribution in [0.1, 0.15) is 38.7 Å². The fourth-order valence-corrected chi connectivity index (χ4v) is 5.37. The summed E-state index contributed by atoms with van der Waals surface area (Å²) in [7, 11) is 0. The van der Waals surface area contributed by atoms with Crippen molar-refractivity contribution >= 4 is 34.9 Å². The molecule has 6 rings (SSSR count). The monoisotopic (exact) mass is 573 g/mol. The first-order valence-electron chi connectivity index (χ1n) is 11.9. The van der Waals surface area contributed by atoms with Crippen molar-refractivity contribution in [2.45, 2.75) is 18.6 Å². The van der Waals surface area contributed by atoms with Gasteiger partial charge in [-0.25, -0.2) is 18.3 Å². The average molecular weight is 574 g/mol. The Labute approximate surface area is 228 Å². The molecule has 3 heterocycles. The summed E-state index contributed by atoms with van der Waals surface area (Å²) >= 11 is 6.40. The van der Waals surface area contributed by atoms with E-state index in [0.29, 0.717) is 53.7 Å². The summed E-state index contributed by atoms with van der Waals surface area (Å²) in [6, 6.07) is 6.87. The topological polar surface area (TPSA) is 79.3 Å². The van der Waals surface area contributed by atoms with Gasteiger partial charge in [0.2, 0.25) is 0 Å². The van der Waals surface area contributed by atoms with Crippen molar-refractivity contribution in [2.24, 2.45) is 0 Å². The number of carbonyl (C=O) groups is 2. The molecule has 3 aromatic carbocycles. The predicted octanol–water partition coefficient (Wildman–Crippen LogP) is 6.25. The maximum absolute atomic E-state index is 14.3. The van der Waals surface area contributed by atoms with Crippen LogP contribution in [0.5, 0.6) is 0 Å². The van der Waals surface area contributed by atoms with E-state index < -0.39 is 46.9 Å². The second-order valence-corrected chi connectivity index (χ2v) is 9.67. The van der Waals surface area contributed by atoms with Gasteiger partial charge in [-0.05, 0) is 55.0 Å². The molecule has 2 N–H and O–H groups in total. The third-order valence-electron chi connectivity index (χ3n) is 6.83. The summed E-state index contributed by atoms with van der Waals surface area (Å²) in [5, 5.41) is 9.77. The number of anilines is 2. The molecule has 40 heavy (non-hydrogen) atoms. The smallest absolute Gasteiger partial charge is 0.327 e. The number of carbonyl (C=O) groups excluding carboxylic acids is 2. The zero-order valence-corrected chi connectivity index (χ0v) is 20.9. The molecule has 0 bridgehead atoms. The Balaban J connectivity index is 1.55. The number of nitrogens with zero attached hydrogens (tertiary/aromatic N) is 3. The van der Waals surface area contributed by atoms with Crippen molar-refractivity contribution < 1.29 is 31.5 Å². The van der Waals surface area contributed by atoms with Crippen LogP contribution in [0.2, 0.25) is 5.02 Å². The second kappa shape index (κ2) is 9.33. The Bertz CT molecular complexity index is 1690. The molecule has 4 aromatic rings. The number of alkyl halides is 3. The Morgan fingerprint density at radius 2 is 1.90 bits per heavy atom. The number of rotatable bonds is 4. The SMILES string of the molecule is O=C(Nc1cc(-n2cccn2)c2c3c1C(c1cc(F)ccc1Cl)NC(=O)N3CC2)c1cc(F)cc(C(F)(F)F)c1. The van der Waals surface area contributed by atoms with Gasteiger partial charge >= 0.3 is 12.2 Å². The molecule has 0 radical (unpaired) electrons. The highest BCUT2D eigenvalue weighted by atomic mass is 35.5. The molecule has 1 atom stereocenters. The molecule has 0 spiro atoms. The number of aromatic nitrogens is 2. The van der Waals surface area contributed by atoms with Crippen LogP contribution < -0.4 is 15.5 Å². The van der Waals surface area contributed by atoms with E-state index in [2.05, 4.69) is 15.7 Å². The zero-order valence-electron chi connectivity index (χ0n) is 20.2. The van der Waals surface area contributed by atoms with Crippen molar-refractivity contribution in [3.63, 3.8) is 0 Å². The third-order valence-corrected chi connectivity index (χ3v) is 7.18. The van der Waals surface area contributed by atoms with Gasteiger partial charge in [0, 0.05) is 46.2 Å². The number of hydrogen-bond donors (Lipinski definition) is 2. The summed E-state index contributed by atoms with van der Waals surface area (Å²) in [5.74, 6) is -2.89. The Kier molecular flexibility index (Phi) is 6.02. The zero-order chi connectivity index (χ0) is 28.3. The van der Waals surface area contributed by atoms with Crippen LogP contribution >= 0.6 is 11.6 Å². The van der Waals surface area contributed by atoms with Gasteiger partial charge in [-0.3, -0.25) is 9.69 Å². The van der Waals surface area contributed by atoms with Crippen LogP contribution in [-0.4, -0.2) is 28.3 Å². The number of nitrogens with one attached hydrogen (secondary N) is 2. The van der Waals surface area contributed by atoms with Crippen molar-refractivity contribution in [2.75, 3.05) is 16.8 Å². The van der Waals surface area contributed by atoms with E-state index >= 15 is 0 Å². The number of urea groups is 1. The number of amides is 3. The summed E-state index contributed by atoms with van der Waals surface area (Å²) in [6.45, 7) is 0.294. The summed E-state index contributed by atoms with van der Waals surface area (Å²) in [4.78, 5) is 27.9. The molecule has 7 nitrogen and oxygen atoms in total. The molecule has 0 saturated carbocycles. The van der Waals surface area contributed by atoms with E-state index in [1.807, 2.05) is 0 Å². The van der Waals surface area contributed by atoms with Gasteiger partial charge in [-0.1, -0.05) is 11.6 Å². The van der Waals surface area contributed by atoms with Crippen molar-refractivity contribution in [1.82, 2.24) is 15.1 Å². The predicted molar refractivity (Wildman–Crippen MR) is 136 cm³/mol. The first kappa shape index (κ1) is 25.8. The van der Waals surface area contributed by atoms with Crippen LogP contribution in [0.4, 0.5) is 38.1 Å². The fourth-order valence-electron chi connectivity index (χ4n) is 5.14. The van der Waals surface area contributed by atoms with Gasteiger partial charge in [-0.15, -0.1) is 0 Å². The molecule has 204 valence electrons. The van der Waals surface area contributed by atoms with Crippen LogP contribution in [-0.2, 0) is 12.6 Å². The Morgan fingerprint density at radius 3 is 2.62 bits per heavy atom. The Hall–Kier alpha value is -4.45. The lowest BCUT2D eigenvalue weighted by Crippen LogP contribution is -2.46. The minimum atomic E-state index is -4.88. The molecule has 3 amide bonds. The summed E-state index contributed by atoms with van der Waals surface area (Å²) in [6.07, 6.45) is -1.27. The number of benzene rings is 3. The maximum Gasteiger partial charge on any atom is 0.416 e. The van der Waals surface area contributed by atoms with E-state index in [0.717, 1.165) is 12.1 Å². The molecule has 2 aliphatic rings. The quantitative estimate of drug-likeness (QED) is 0.283. The van der Waals surface area contributed by atoms with Crippen molar-refractivity contribution in [3.05, 3.63) is 105 Å². The average Bonchev–Trinajstić information content (AvgIpc) is 3.59. The number of hydrogen-bond acceptors (Lipinski definition) is 3. The van der Waals surface area contributed by atoms with Gasteiger partial charge in [0.15, 0.2) is 0 Å². The molecule has 0 aliphatic carbocycles. The largest absolute Gasteiger partial charge is 0.416 e. The highest BCUT2D eigenvalue weighted by Crippen LogP contribution is 2.48. The van der Waals surface area contributed by atoms with E-state index in [4.69, 9.17) is 11.6 Å². The van der Waals surface area contributed by atoms with Crippen LogP contribution in [0.3, 0.4) is 0 Å². The third kappa shape index (κ3) is 4.34. The molecule has 13 heteroatoms. The molecule has 1 unspecified atom stereocenters. The van der Waals surface area contributed by atoms with E-state index in [1.165, 1.54) is 21.8 Å². The molecule has 0 saturated heterocycles. The molecule has 0 fully saturated rings. The first-order chi connectivity index (χ1) is 19.0. The lowest BCUT2D eigenvalue weighted by atomic mass is 9.90. The lowest BCUT2D eigenvalue weighted by molar-refractivity contribution is -0.137. The molecule has 1 aromatic heterocycles. The summed E-state index contributed by atoms with van der Waals surface area (Å²) in [5.41, 5.74) is 0.403. The van der Waals surface area contributed by atoms with Crippen LogP contribution in [0, 0.1) is 11.6 Å². The second-order valence-electron chi connectivity index (χ2n) is 9.27. The lowest BCUT2D eigenvalue weighted by Gasteiger charge is -2.35. The fraction of sp³-hybridized carbons (Fsp3) is 0.148. The minimum absolute atomic E-state index is 0.0873. The van der Waals surface area contributed by atoms with Gasteiger partial charge in [0.05, 0.1) is 28.7 Å². The Morgan fingerprint density at radius 1 is 1.10 bits per heavy atom. The van der Waals surface area contributed by atoms with Crippen molar-refractivity contribution in [3.8, 4) is 5.69 Å². The van der Waals surface area contributed by atoms with E-state index in [1.54, 1.807) is 18.3 Å². The first-order valence-corrected chi connectivity index (χ1v) is 12.3. The normalized spacial score (nSPS) is 16.1. The molecule has 2 aliphatic heterocycles. The number of halogens is 6. The molecular formula is C27H17ClF5N5O2. The highest BCUT2D eigenvalue weighted by molar-refractivity contribution is 6.31. The van der Waals surface area contributed by atoms with Gasteiger partial charge in [0.1, 0.15) is 11.6 Å². The maximum atomic E-state index is 14.3. The van der Waals surface area contributed by atoms with Gasteiger partial charge in [-0.2, -0.15) is 18.3 Å². The highest BCUT2D eigenvalue weighted by Gasteiger charge is 2.41. The van der Waals surface area contributed by atoms with Gasteiger partial charge < -0.3 is 10.6 Å². The molecular weight excluding hydrogens is 557 g/mol. The standard InChI is InChI=1S/C27H17ClF5N5O2/c28-19-3-2-15(29)11-18(19)23-22-20(35-25(39)13-8-14(27(31,32)33)10-16(30)9-13)12-21(38-6-1-5-34-38)17-4-7-37(24(17)22)26(40)36-23/h1-3,5-6,8-12,23H,4,7H2,(H,35,39)(H,36,40). The summed E-state index contributed by atoms with van der Waals surface area (Å²) < 4.78 is 69.9. The van der Waals surface area contributed by atoms with E-state index in [-0.39, 0.29) is 16.3 Å². The van der Waals surface area contributed by atoms with Crippen LogP contribution in [0.25, 0.3) is 5.69 Å². The van der Waals surface area contributed by atoms with Gasteiger partial charge in [0.25, 0.3) is 5.91 Å². The van der Waals surface area contributed by atoms with Crippen LogP contribution in [0.15, 0.2) is 60.9 Å². The van der Waals surface area contributed by atoms with Crippen molar-refractivity contribution in [1.29, 1.82) is 0 Å². The minimum Gasteiger partial charge on any atom is -0.327 e.